The predicted molar refractivity (Wildman–Crippen MR) is 77.3 cm³/mol. The van der Waals surface area contributed by atoms with Gasteiger partial charge in [-0.2, -0.15) is 0 Å². The number of benzene rings is 1. The van der Waals surface area contributed by atoms with Gasteiger partial charge in [0, 0.05) is 10.9 Å². The van der Waals surface area contributed by atoms with E-state index in [1.54, 1.807) is 0 Å². The van der Waals surface area contributed by atoms with Crippen molar-refractivity contribution in [1.29, 1.82) is 0 Å². The number of rotatable bonds is 0. The summed E-state index contributed by atoms with van der Waals surface area (Å²) in [6.45, 7) is 0. The zero-order chi connectivity index (χ0) is 13.7. The molecule has 1 N–H and O–H groups in total. The Morgan fingerprint density at radius 3 is 2.60 bits per heavy atom. The monoisotopic (exact) mass is 267 g/mol. The molecule has 0 saturated carbocycles. The van der Waals surface area contributed by atoms with Gasteiger partial charge in [0.15, 0.2) is 5.58 Å². The van der Waals surface area contributed by atoms with Crippen LogP contribution in [-0.2, 0) is 12.8 Å². The Hall–Kier alpha value is -2.36. The van der Waals surface area contributed by atoms with E-state index in [0.29, 0.717) is 28.5 Å². The molecule has 4 rings (SSSR count). The molecule has 3 aromatic rings. The largest absolute Gasteiger partial charge is 0.422 e. The zero-order valence-electron chi connectivity index (χ0n) is 10.9. The zero-order valence-corrected chi connectivity index (χ0v) is 10.9. The van der Waals surface area contributed by atoms with Gasteiger partial charge in [0.05, 0.1) is 10.9 Å². The number of H-pyrrole nitrogens is 1. The average Bonchev–Trinajstić information content (AvgIpc) is 2.47. The van der Waals surface area contributed by atoms with Crippen molar-refractivity contribution in [3.8, 4) is 0 Å². The maximum atomic E-state index is 12.4. The molecular weight excluding hydrogens is 254 g/mol. The van der Waals surface area contributed by atoms with Crippen molar-refractivity contribution < 1.29 is 4.42 Å². The van der Waals surface area contributed by atoms with Gasteiger partial charge in [-0.25, -0.2) is 4.79 Å². The number of hydrogen-bond acceptors (Lipinski definition) is 3. The van der Waals surface area contributed by atoms with Crippen LogP contribution >= 0.6 is 0 Å². The maximum absolute atomic E-state index is 12.4. The van der Waals surface area contributed by atoms with Gasteiger partial charge in [-0.15, -0.1) is 0 Å². The molecule has 0 saturated heterocycles. The van der Waals surface area contributed by atoms with E-state index in [4.69, 9.17) is 4.42 Å². The number of hydrogen-bond donors (Lipinski definition) is 1. The predicted octanol–water partition coefficient (Wildman–Crippen LogP) is 2.51. The number of pyridine rings is 1. The van der Waals surface area contributed by atoms with Crippen LogP contribution in [0.5, 0.6) is 0 Å². The van der Waals surface area contributed by atoms with Gasteiger partial charge >= 0.3 is 5.63 Å². The lowest BCUT2D eigenvalue weighted by molar-refractivity contribution is 0.535. The standard InChI is InChI=1S/C16H13NO3/c18-15-13-9-5-1-2-6-10(9)16(19)20-14(13)11-7-3-4-8-12(11)17-15/h3-4,7-8H,1-2,5-6H2,(H,17,18). The summed E-state index contributed by atoms with van der Waals surface area (Å²) in [5.41, 5.74) is 2.24. The molecule has 0 unspecified atom stereocenters. The molecule has 4 nitrogen and oxygen atoms in total. The van der Waals surface area contributed by atoms with Crippen molar-refractivity contribution >= 4 is 21.9 Å². The van der Waals surface area contributed by atoms with Crippen molar-refractivity contribution in [2.24, 2.45) is 0 Å². The fourth-order valence-corrected chi connectivity index (χ4v) is 3.15. The fraction of sp³-hybridized carbons (Fsp3) is 0.250. The molecule has 4 heteroatoms. The molecule has 0 radical (unpaired) electrons. The van der Waals surface area contributed by atoms with Gasteiger partial charge in [-0.05, 0) is 43.4 Å². The van der Waals surface area contributed by atoms with E-state index >= 15 is 0 Å². The summed E-state index contributed by atoms with van der Waals surface area (Å²) in [5, 5.41) is 1.34. The third-order valence-corrected chi connectivity index (χ3v) is 4.08. The molecule has 0 atom stereocenters. The van der Waals surface area contributed by atoms with Crippen LogP contribution < -0.4 is 11.2 Å². The van der Waals surface area contributed by atoms with E-state index in [1.165, 1.54) is 0 Å². The van der Waals surface area contributed by atoms with E-state index in [-0.39, 0.29) is 11.2 Å². The minimum absolute atomic E-state index is 0.166. The molecule has 0 fully saturated rings. The van der Waals surface area contributed by atoms with Crippen LogP contribution in [0.2, 0.25) is 0 Å². The average molecular weight is 267 g/mol. The van der Waals surface area contributed by atoms with Crippen molar-refractivity contribution in [2.75, 3.05) is 0 Å². The molecule has 100 valence electrons. The summed E-state index contributed by atoms with van der Waals surface area (Å²) in [5.74, 6) is 0. The van der Waals surface area contributed by atoms with Crippen LogP contribution in [0, 0.1) is 0 Å². The second-order valence-electron chi connectivity index (χ2n) is 5.26. The van der Waals surface area contributed by atoms with Crippen molar-refractivity contribution in [3.63, 3.8) is 0 Å². The van der Waals surface area contributed by atoms with Crippen LogP contribution in [0.4, 0.5) is 0 Å². The first-order valence-electron chi connectivity index (χ1n) is 6.85. The molecule has 1 aromatic carbocycles. The molecule has 0 amide bonds. The summed E-state index contributed by atoms with van der Waals surface area (Å²) in [6, 6.07) is 7.40. The Bertz CT molecular complexity index is 949. The SMILES string of the molecule is O=c1oc2c(c3c1CCCC3)c(=O)[nH]c1ccccc12. The van der Waals surface area contributed by atoms with Crippen molar-refractivity contribution in [3.05, 3.63) is 56.2 Å². The summed E-state index contributed by atoms with van der Waals surface area (Å²) in [6.07, 6.45) is 3.48. The summed E-state index contributed by atoms with van der Waals surface area (Å²) in [4.78, 5) is 27.4. The Balaban J connectivity index is 2.30. The Labute approximate surface area is 114 Å². The lowest BCUT2D eigenvalue weighted by atomic mass is 9.90. The lowest BCUT2D eigenvalue weighted by Crippen LogP contribution is -2.20. The van der Waals surface area contributed by atoms with Gasteiger partial charge in [0.1, 0.15) is 0 Å². The van der Waals surface area contributed by atoms with E-state index in [1.807, 2.05) is 24.3 Å². The highest BCUT2D eigenvalue weighted by Gasteiger charge is 2.21. The Kier molecular flexibility index (Phi) is 2.33. The number of aromatic nitrogens is 1. The van der Waals surface area contributed by atoms with Gasteiger partial charge in [-0.3, -0.25) is 4.79 Å². The molecule has 2 aromatic heterocycles. The highest BCUT2D eigenvalue weighted by Crippen LogP contribution is 2.27. The number of fused-ring (bicyclic) bond motifs is 5. The molecule has 0 aliphatic heterocycles. The summed E-state index contributed by atoms with van der Waals surface area (Å²) < 4.78 is 5.48. The van der Waals surface area contributed by atoms with E-state index in [0.717, 1.165) is 30.2 Å². The topological polar surface area (TPSA) is 63.1 Å². The quantitative estimate of drug-likeness (QED) is 0.636. The Morgan fingerprint density at radius 2 is 1.75 bits per heavy atom. The highest BCUT2D eigenvalue weighted by atomic mass is 16.4. The second-order valence-corrected chi connectivity index (χ2v) is 5.26. The normalized spacial score (nSPS) is 14.6. The van der Waals surface area contributed by atoms with Crippen LogP contribution in [0.25, 0.3) is 21.9 Å². The minimum Gasteiger partial charge on any atom is -0.422 e. The smallest absolute Gasteiger partial charge is 0.339 e. The van der Waals surface area contributed by atoms with Crippen LogP contribution in [0.3, 0.4) is 0 Å². The van der Waals surface area contributed by atoms with Crippen LogP contribution in [-0.4, -0.2) is 4.98 Å². The second kappa shape index (κ2) is 4.07. The number of aromatic amines is 1. The maximum Gasteiger partial charge on any atom is 0.339 e. The molecule has 2 heterocycles. The highest BCUT2D eigenvalue weighted by molar-refractivity contribution is 6.02. The minimum atomic E-state index is -0.289. The van der Waals surface area contributed by atoms with E-state index in [9.17, 15) is 9.59 Å². The van der Waals surface area contributed by atoms with E-state index in [2.05, 4.69) is 4.98 Å². The molecule has 20 heavy (non-hydrogen) atoms. The third-order valence-electron chi connectivity index (χ3n) is 4.08. The molecule has 1 aliphatic rings. The first-order chi connectivity index (χ1) is 9.75. The first-order valence-corrected chi connectivity index (χ1v) is 6.85. The lowest BCUT2D eigenvalue weighted by Gasteiger charge is -2.16. The third kappa shape index (κ3) is 1.48. The molecular formula is C16H13NO3. The number of aryl methyl sites for hydroxylation is 1. The fourth-order valence-electron chi connectivity index (χ4n) is 3.15. The van der Waals surface area contributed by atoms with Crippen molar-refractivity contribution in [2.45, 2.75) is 25.7 Å². The van der Waals surface area contributed by atoms with Gasteiger partial charge in [-0.1, -0.05) is 12.1 Å². The molecule has 0 spiro atoms. The van der Waals surface area contributed by atoms with Gasteiger partial charge in [0.25, 0.3) is 5.56 Å². The van der Waals surface area contributed by atoms with Crippen LogP contribution in [0.1, 0.15) is 24.0 Å². The molecule has 0 bridgehead atoms. The number of para-hydroxylation sites is 1. The van der Waals surface area contributed by atoms with Gasteiger partial charge < -0.3 is 9.40 Å². The summed E-state index contributed by atoms with van der Waals surface area (Å²) >= 11 is 0. The Morgan fingerprint density at radius 1 is 1.00 bits per heavy atom. The molecule has 1 aliphatic carbocycles. The first kappa shape index (κ1) is 11.5. The van der Waals surface area contributed by atoms with Crippen molar-refractivity contribution in [1.82, 2.24) is 4.98 Å². The number of nitrogens with one attached hydrogen (secondary N) is 1. The summed E-state index contributed by atoms with van der Waals surface area (Å²) in [7, 11) is 0. The van der Waals surface area contributed by atoms with E-state index < -0.39 is 0 Å². The van der Waals surface area contributed by atoms with Gasteiger partial charge in [0.2, 0.25) is 0 Å². The van der Waals surface area contributed by atoms with Crippen LogP contribution in [0.15, 0.2) is 38.3 Å².